The molecule has 0 unspecified atom stereocenters. The molecule has 0 saturated heterocycles. The van der Waals surface area contributed by atoms with Crippen LogP contribution >= 0.6 is 12.2 Å². The first-order valence-electron chi connectivity index (χ1n) is 3.84. The van der Waals surface area contributed by atoms with Crippen LogP contribution in [0.4, 0.5) is 0 Å². The fourth-order valence-corrected chi connectivity index (χ4v) is 1.27. The second-order valence-corrected chi connectivity index (χ2v) is 3.04. The Morgan fingerprint density at radius 2 is 2.23 bits per heavy atom. The van der Waals surface area contributed by atoms with Crippen molar-refractivity contribution in [3.8, 4) is 11.4 Å². The summed E-state index contributed by atoms with van der Waals surface area (Å²) in [7, 11) is 0. The van der Waals surface area contributed by atoms with Gasteiger partial charge in [0.25, 0.3) is 0 Å². The summed E-state index contributed by atoms with van der Waals surface area (Å²) in [6.45, 7) is 1.93. The average molecular weight is 192 g/mol. The second kappa shape index (κ2) is 3.10. The highest BCUT2D eigenvalue weighted by Gasteiger charge is 2.03. The van der Waals surface area contributed by atoms with Gasteiger partial charge in [0.05, 0.1) is 0 Å². The summed E-state index contributed by atoms with van der Waals surface area (Å²) >= 11 is 4.86. The molecule has 0 aliphatic carbocycles. The molecule has 2 rings (SSSR count). The third-order valence-electron chi connectivity index (χ3n) is 1.76. The van der Waals surface area contributed by atoms with Crippen molar-refractivity contribution in [3.63, 3.8) is 0 Å². The third kappa shape index (κ3) is 1.50. The van der Waals surface area contributed by atoms with Gasteiger partial charge in [-0.25, -0.2) is 0 Å². The number of hydrogen-bond donors (Lipinski definition) is 2. The van der Waals surface area contributed by atoms with E-state index in [1.807, 2.05) is 19.1 Å². The molecule has 2 aromatic rings. The summed E-state index contributed by atoms with van der Waals surface area (Å²) in [6.07, 6.45) is 1.75. The number of rotatable bonds is 1. The Kier molecular flexibility index (Phi) is 1.94. The van der Waals surface area contributed by atoms with Crippen LogP contribution in [0, 0.1) is 11.7 Å². The number of nitrogens with one attached hydrogen (secondary N) is 2. The van der Waals surface area contributed by atoms with Gasteiger partial charge in [-0.1, -0.05) is 0 Å². The predicted molar refractivity (Wildman–Crippen MR) is 51.7 cm³/mol. The van der Waals surface area contributed by atoms with Gasteiger partial charge in [0.2, 0.25) is 4.77 Å². The van der Waals surface area contributed by atoms with Gasteiger partial charge in [0.1, 0.15) is 0 Å². The molecule has 66 valence electrons. The van der Waals surface area contributed by atoms with Crippen molar-refractivity contribution in [2.75, 3.05) is 0 Å². The number of nitrogens with zero attached hydrogens (tertiary/aromatic N) is 2. The minimum absolute atomic E-state index is 0.457. The third-order valence-corrected chi connectivity index (χ3v) is 1.96. The maximum absolute atomic E-state index is 4.86. The lowest BCUT2D eigenvalue weighted by atomic mass is 10.2. The maximum Gasteiger partial charge on any atom is 0.213 e. The van der Waals surface area contributed by atoms with E-state index in [9.17, 15) is 0 Å². The van der Waals surface area contributed by atoms with Gasteiger partial charge >= 0.3 is 0 Å². The van der Waals surface area contributed by atoms with Crippen LogP contribution < -0.4 is 0 Å². The highest BCUT2D eigenvalue weighted by Crippen LogP contribution is 2.15. The minimum Gasteiger partial charge on any atom is -0.282 e. The van der Waals surface area contributed by atoms with Gasteiger partial charge in [-0.05, 0) is 31.3 Å². The molecule has 2 heterocycles. The Morgan fingerprint density at radius 1 is 1.38 bits per heavy atom. The zero-order valence-corrected chi connectivity index (χ0v) is 7.85. The number of aromatic nitrogens is 4. The van der Waals surface area contributed by atoms with Gasteiger partial charge in [-0.2, -0.15) is 4.98 Å². The van der Waals surface area contributed by atoms with Gasteiger partial charge in [-0.3, -0.25) is 15.2 Å². The highest BCUT2D eigenvalue weighted by atomic mass is 32.1. The number of H-pyrrole nitrogens is 2. The summed E-state index contributed by atoms with van der Waals surface area (Å²) in [4.78, 5) is 8.26. The highest BCUT2D eigenvalue weighted by molar-refractivity contribution is 7.71. The fourth-order valence-electron chi connectivity index (χ4n) is 1.13. The summed E-state index contributed by atoms with van der Waals surface area (Å²) in [5.74, 6) is 0.732. The zero-order valence-electron chi connectivity index (χ0n) is 7.03. The van der Waals surface area contributed by atoms with Gasteiger partial charge in [0, 0.05) is 17.5 Å². The quantitative estimate of drug-likeness (QED) is 0.678. The largest absolute Gasteiger partial charge is 0.282 e. The smallest absolute Gasteiger partial charge is 0.213 e. The van der Waals surface area contributed by atoms with E-state index in [1.54, 1.807) is 6.20 Å². The van der Waals surface area contributed by atoms with Crippen molar-refractivity contribution in [3.05, 3.63) is 28.8 Å². The molecule has 2 N–H and O–H groups in total. The summed E-state index contributed by atoms with van der Waals surface area (Å²) in [6, 6.07) is 3.82. The monoisotopic (exact) mass is 192 g/mol. The first-order valence-corrected chi connectivity index (χ1v) is 4.25. The van der Waals surface area contributed by atoms with Crippen LogP contribution in [0.15, 0.2) is 18.3 Å². The molecule has 0 bridgehead atoms. The van der Waals surface area contributed by atoms with Crippen molar-refractivity contribution in [1.82, 2.24) is 20.2 Å². The Morgan fingerprint density at radius 3 is 2.85 bits per heavy atom. The number of aromatic amines is 2. The normalized spacial score (nSPS) is 10.2. The molecule has 0 spiro atoms. The predicted octanol–water partition coefficient (Wildman–Crippen LogP) is 1.84. The molecule has 0 fully saturated rings. The van der Waals surface area contributed by atoms with Crippen LogP contribution in [0.25, 0.3) is 11.4 Å². The van der Waals surface area contributed by atoms with Gasteiger partial charge < -0.3 is 0 Å². The topological polar surface area (TPSA) is 57.4 Å². The van der Waals surface area contributed by atoms with Crippen molar-refractivity contribution < 1.29 is 0 Å². The molecule has 13 heavy (non-hydrogen) atoms. The van der Waals surface area contributed by atoms with Gasteiger partial charge in [-0.15, -0.1) is 0 Å². The van der Waals surface area contributed by atoms with E-state index in [1.165, 1.54) is 0 Å². The SMILES string of the molecule is Cc1ncccc1-c1nc(=S)[nH][nH]1. The Labute approximate surface area is 80.0 Å². The fraction of sp³-hybridized carbons (Fsp3) is 0.125. The lowest BCUT2D eigenvalue weighted by Crippen LogP contribution is -1.87. The van der Waals surface area contributed by atoms with E-state index in [4.69, 9.17) is 12.2 Å². The molecular formula is C8H8N4S. The number of pyridine rings is 1. The molecule has 5 heteroatoms. The molecule has 4 nitrogen and oxygen atoms in total. The first-order chi connectivity index (χ1) is 6.27. The molecule has 0 saturated carbocycles. The van der Waals surface area contributed by atoms with Crippen LogP contribution in [0.1, 0.15) is 5.69 Å². The first kappa shape index (κ1) is 8.12. The van der Waals surface area contributed by atoms with Crippen LogP contribution in [-0.2, 0) is 0 Å². The number of hydrogen-bond acceptors (Lipinski definition) is 3. The van der Waals surface area contributed by atoms with Gasteiger partial charge in [0.15, 0.2) is 5.82 Å². The van der Waals surface area contributed by atoms with Crippen molar-refractivity contribution in [2.24, 2.45) is 0 Å². The maximum atomic E-state index is 4.86. The van der Waals surface area contributed by atoms with E-state index < -0.39 is 0 Å². The summed E-state index contributed by atoms with van der Waals surface area (Å²) < 4.78 is 0.457. The van der Waals surface area contributed by atoms with E-state index >= 15 is 0 Å². The molecule has 2 aromatic heterocycles. The Balaban J connectivity index is 2.58. The summed E-state index contributed by atoms with van der Waals surface area (Å²) in [5, 5.41) is 5.63. The average Bonchev–Trinajstić information content (AvgIpc) is 2.53. The van der Waals surface area contributed by atoms with E-state index in [-0.39, 0.29) is 0 Å². The Hall–Kier alpha value is -1.49. The lowest BCUT2D eigenvalue weighted by Gasteiger charge is -1.98. The van der Waals surface area contributed by atoms with Crippen LogP contribution in [0.2, 0.25) is 0 Å². The van der Waals surface area contributed by atoms with Crippen molar-refractivity contribution in [1.29, 1.82) is 0 Å². The molecule has 0 amide bonds. The molecule has 0 atom stereocenters. The molecule has 0 aliphatic heterocycles. The molecule has 0 radical (unpaired) electrons. The van der Waals surface area contributed by atoms with Crippen LogP contribution in [0.3, 0.4) is 0 Å². The Bertz CT molecular complexity index is 471. The van der Waals surface area contributed by atoms with Crippen LogP contribution in [-0.4, -0.2) is 20.2 Å². The lowest BCUT2D eigenvalue weighted by molar-refractivity contribution is 1.08. The van der Waals surface area contributed by atoms with E-state index in [2.05, 4.69) is 20.2 Å². The van der Waals surface area contributed by atoms with Crippen molar-refractivity contribution >= 4 is 12.2 Å². The van der Waals surface area contributed by atoms with Crippen LogP contribution in [0.5, 0.6) is 0 Å². The minimum atomic E-state index is 0.457. The van der Waals surface area contributed by atoms with E-state index in [0.29, 0.717) is 4.77 Å². The zero-order chi connectivity index (χ0) is 9.26. The van der Waals surface area contributed by atoms with Crippen molar-refractivity contribution in [2.45, 2.75) is 6.92 Å². The van der Waals surface area contributed by atoms with E-state index in [0.717, 1.165) is 17.1 Å². The summed E-state index contributed by atoms with van der Waals surface area (Å²) in [5.41, 5.74) is 1.90. The molecule has 0 aliphatic rings. The second-order valence-electron chi connectivity index (χ2n) is 2.65. The molecular weight excluding hydrogens is 184 g/mol. The number of aryl methyl sites for hydroxylation is 1. The standard InChI is InChI=1S/C8H8N4S/c1-5-6(3-2-4-9-5)7-10-8(13)12-11-7/h2-4H,1H3,(H2,10,11,12,13). The molecule has 0 aromatic carbocycles.